The van der Waals surface area contributed by atoms with Crippen molar-refractivity contribution in [2.24, 2.45) is 0 Å². The van der Waals surface area contributed by atoms with Crippen molar-refractivity contribution in [3.05, 3.63) is 16.7 Å². The molecule has 0 saturated heterocycles. The summed E-state index contributed by atoms with van der Waals surface area (Å²) in [5.74, 6) is -0.0460. The smallest absolute Gasteiger partial charge is 0.355 e. The van der Waals surface area contributed by atoms with Crippen molar-refractivity contribution in [3.63, 3.8) is 0 Å². The second-order valence-electron chi connectivity index (χ2n) is 5.44. The molecule has 26 heavy (non-hydrogen) atoms. The zero-order valence-electron chi connectivity index (χ0n) is 14.6. The van der Waals surface area contributed by atoms with Crippen LogP contribution in [0.3, 0.4) is 0 Å². The van der Waals surface area contributed by atoms with Crippen LogP contribution in [0, 0.1) is 0 Å². The Morgan fingerprint density at radius 2 is 2.19 bits per heavy atom. The highest BCUT2D eigenvalue weighted by atomic mass is 31.2. The first-order chi connectivity index (χ1) is 12.3. The van der Waals surface area contributed by atoms with E-state index in [1.165, 1.54) is 27.5 Å². The Hall–Kier alpha value is -1.82. The number of nitrogens with zero attached hydrogens (tertiary/aromatic N) is 3. The molecule has 2 aromatic heterocycles. The van der Waals surface area contributed by atoms with Gasteiger partial charge in [-0.2, -0.15) is 4.98 Å². The van der Waals surface area contributed by atoms with E-state index in [0.717, 1.165) is 0 Å². The van der Waals surface area contributed by atoms with Crippen molar-refractivity contribution < 1.29 is 28.2 Å². The molecule has 0 amide bonds. The van der Waals surface area contributed by atoms with E-state index in [4.69, 9.17) is 24.5 Å². The van der Waals surface area contributed by atoms with E-state index in [-0.39, 0.29) is 30.3 Å². The number of fused-ring (bicyclic) bond motifs is 1. The van der Waals surface area contributed by atoms with Gasteiger partial charge in [-0.1, -0.05) is 0 Å². The summed E-state index contributed by atoms with van der Waals surface area (Å²) in [5.41, 5.74) is 5.49. The number of ether oxygens (including phenoxy) is 3. The molecule has 2 heterocycles. The third kappa shape index (κ3) is 5.34. The van der Waals surface area contributed by atoms with Crippen molar-refractivity contribution in [1.29, 1.82) is 0 Å². The van der Waals surface area contributed by atoms with Gasteiger partial charge in [-0.05, 0) is 6.92 Å². The molecule has 0 saturated carbocycles. The maximum Gasteiger partial charge on any atom is 0.355 e. The number of nitrogens with one attached hydrogen (secondary N) is 1. The molecule has 0 bridgehead atoms. The number of hydrogen-bond donors (Lipinski definition) is 3. The fraction of sp³-hybridized carbons (Fsp3) is 0.615. The lowest BCUT2D eigenvalue weighted by Gasteiger charge is -2.21. The average molecular weight is 391 g/mol. The number of aromatic nitrogens is 4. The standard InChI is InChI=1S/C13H22N5O7P/c1-8(23-3)25-26(20,21)7-24-9(5-22-2)4-18-6-15-10-11(18)16-13(14)17-12(10)19/h6,8-9H,4-5,7H2,1-3H3,(H,20,21)(H3,14,16,17,19)/t8?,9-/m0/s1. The lowest BCUT2D eigenvalue weighted by Crippen LogP contribution is -2.26. The fourth-order valence-corrected chi connectivity index (χ4v) is 3.18. The number of rotatable bonds is 10. The average Bonchev–Trinajstić information content (AvgIpc) is 2.95. The highest BCUT2D eigenvalue weighted by molar-refractivity contribution is 7.52. The van der Waals surface area contributed by atoms with Crippen LogP contribution in [0.15, 0.2) is 11.1 Å². The summed E-state index contributed by atoms with van der Waals surface area (Å²) in [4.78, 5) is 32.0. The van der Waals surface area contributed by atoms with Crippen molar-refractivity contribution in [2.75, 3.05) is 32.9 Å². The van der Waals surface area contributed by atoms with Gasteiger partial charge in [0.05, 0.1) is 25.6 Å². The Kier molecular flexibility index (Phi) is 6.87. The zero-order chi connectivity index (χ0) is 19.3. The number of imidazole rings is 1. The minimum absolute atomic E-state index is 0.0460. The van der Waals surface area contributed by atoms with Crippen LogP contribution in [0.25, 0.3) is 11.2 Å². The lowest BCUT2D eigenvalue weighted by atomic mass is 10.3. The zero-order valence-corrected chi connectivity index (χ0v) is 15.5. The Labute approximate surface area is 148 Å². The van der Waals surface area contributed by atoms with Crippen LogP contribution >= 0.6 is 7.60 Å². The van der Waals surface area contributed by atoms with E-state index >= 15 is 0 Å². The monoisotopic (exact) mass is 391 g/mol. The van der Waals surface area contributed by atoms with Gasteiger partial charge in [0.15, 0.2) is 17.5 Å². The molecule has 0 aliphatic carbocycles. The number of anilines is 1. The Morgan fingerprint density at radius 3 is 2.85 bits per heavy atom. The molecule has 2 unspecified atom stereocenters. The number of methoxy groups -OCH3 is 2. The van der Waals surface area contributed by atoms with Gasteiger partial charge in [0, 0.05) is 14.2 Å². The molecule has 0 aromatic carbocycles. The summed E-state index contributed by atoms with van der Waals surface area (Å²) in [5, 5.41) is 0. The quantitative estimate of drug-likeness (QED) is 0.367. The summed E-state index contributed by atoms with van der Waals surface area (Å²) in [6, 6.07) is 0. The first-order valence-electron chi connectivity index (χ1n) is 7.60. The molecule has 0 spiro atoms. The Balaban J connectivity index is 2.11. The molecule has 4 N–H and O–H groups in total. The van der Waals surface area contributed by atoms with E-state index < -0.39 is 31.9 Å². The number of nitrogen functional groups attached to an aromatic ring is 1. The summed E-state index contributed by atoms with van der Waals surface area (Å²) >= 11 is 0. The fourth-order valence-electron chi connectivity index (χ4n) is 2.17. The van der Waals surface area contributed by atoms with Crippen LogP contribution in [0.5, 0.6) is 0 Å². The minimum Gasteiger partial charge on any atom is -0.382 e. The van der Waals surface area contributed by atoms with Gasteiger partial charge in [-0.15, -0.1) is 0 Å². The normalized spacial score (nSPS) is 16.5. The maximum atomic E-state index is 12.0. The number of nitrogens with two attached hydrogens (primary N) is 1. The molecule has 13 heteroatoms. The van der Waals surface area contributed by atoms with Crippen molar-refractivity contribution in [3.8, 4) is 0 Å². The van der Waals surface area contributed by atoms with E-state index in [0.29, 0.717) is 0 Å². The maximum absolute atomic E-state index is 12.0. The molecule has 2 rings (SSSR count). The van der Waals surface area contributed by atoms with Crippen LogP contribution in [-0.2, 0) is 29.8 Å². The molecule has 0 aliphatic heterocycles. The molecule has 0 aliphatic rings. The molecule has 2 aromatic rings. The van der Waals surface area contributed by atoms with Crippen LogP contribution in [0.4, 0.5) is 5.95 Å². The topological polar surface area (TPSA) is 164 Å². The third-order valence-electron chi connectivity index (χ3n) is 3.36. The van der Waals surface area contributed by atoms with Crippen LogP contribution in [0.1, 0.15) is 6.92 Å². The Bertz CT molecular complexity index is 838. The highest BCUT2D eigenvalue weighted by Crippen LogP contribution is 2.43. The first-order valence-corrected chi connectivity index (χ1v) is 9.36. The summed E-state index contributed by atoms with van der Waals surface area (Å²) < 4.78 is 33.8. The molecule has 146 valence electrons. The molecule has 0 radical (unpaired) electrons. The van der Waals surface area contributed by atoms with E-state index in [1.807, 2.05) is 0 Å². The van der Waals surface area contributed by atoms with Gasteiger partial charge < -0.3 is 29.4 Å². The lowest BCUT2D eigenvalue weighted by molar-refractivity contribution is -0.0535. The van der Waals surface area contributed by atoms with E-state index in [2.05, 4.69) is 15.0 Å². The summed E-state index contributed by atoms with van der Waals surface area (Å²) in [7, 11) is -1.20. The van der Waals surface area contributed by atoms with Crippen molar-refractivity contribution in [1.82, 2.24) is 19.5 Å². The molecular formula is C13H22N5O7P. The largest absolute Gasteiger partial charge is 0.382 e. The molecule has 3 atom stereocenters. The highest BCUT2D eigenvalue weighted by Gasteiger charge is 2.26. The van der Waals surface area contributed by atoms with E-state index in [1.54, 1.807) is 4.57 Å². The number of aromatic amines is 1. The van der Waals surface area contributed by atoms with Gasteiger partial charge in [-0.25, -0.2) is 4.98 Å². The van der Waals surface area contributed by atoms with Crippen LogP contribution in [-0.4, -0.2) is 64.0 Å². The SMILES string of the molecule is COC[C@H](Cn1cnc2c(=O)[nH]c(N)nc21)OCP(=O)(O)OC(C)OC. The molecular weight excluding hydrogens is 369 g/mol. The van der Waals surface area contributed by atoms with Gasteiger partial charge in [0.2, 0.25) is 5.95 Å². The van der Waals surface area contributed by atoms with Gasteiger partial charge in [0.25, 0.3) is 5.56 Å². The van der Waals surface area contributed by atoms with Crippen LogP contribution < -0.4 is 11.3 Å². The van der Waals surface area contributed by atoms with Crippen molar-refractivity contribution >= 4 is 24.7 Å². The third-order valence-corrected chi connectivity index (χ3v) is 4.47. The van der Waals surface area contributed by atoms with E-state index in [9.17, 15) is 14.3 Å². The minimum atomic E-state index is -4.01. The second-order valence-corrected chi connectivity index (χ2v) is 7.18. The first kappa shape index (κ1) is 20.5. The summed E-state index contributed by atoms with van der Waals surface area (Å²) in [6.45, 7) is 1.78. The summed E-state index contributed by atoms with van der Waals surface area (Å²) in [6.07, 6.45) is -0.633. The molecule has 12 nitrogen and oxygen atoms in total. The predicted molar refractivity (Wildman–Crippen MR) is 91.6 cm³/mol. The second kappa shape index (κ2) is 8.71. The van der Waals surface area contributed by atoms with Crippen LogP contribution in [0.2, 0.25) is 0 Å². The Morgan fingerprint density at radius 1 is 1.46 bits per heavy atom. The van der Waals surface area contributed by atoms with Crippen molar-refractivity contribution in [2.45, 2.75) is 25.9 Å². The van der Waals surface area contributed by atoms with Gasteiger partial charge in [0.1, 0.15) is 6.35 Å². The predicted octanol–water partition coefficient (Wildman–Crippen LogP) is -0.115. The number of hydrogen-bond acceptors (Lipinski definition) is 9. The molecule has 0 fully saturated rings. The van der Waals surface area contributed by atoms with Gasteiger partial charge in [-0.3, -0.25) is 18.9 Å². The van der Waals surface area contributed by atoms with Gasteiger partial charge >= 0.3 is 7.60 Å². The number of H-pyrrole nitrogens is 1.